The molecule has 0 amide bonds. The maximum atomic E-state index is 6.16. The molecule has 3 N–H and O–H groups in total. The number of rotatable bonds is 3. The third-order valence-corrected chi connectivity index (χ3v) is 3.74. The fourth-order valence-corrected chi connectivity index (χ4v) is 2.89. The molecule has 0 aliphatic carbocycles. The summed E-state index contributed by atoms with van der Waals surface area (Å²) in [4.78, 5) is 4.34. The van der Waals surface area contributed by atoms with Crippen LogP contribution in [0, 0.1) is 6.92 Å². The fourth-order valence-electron chi connectivity index (χ4n) is 2.59. The summed E-state index contributed by atoms with van der Waals surface area (Å²) in [6.07, 6.45) is 1.79. The average Bonchev–Trinajstić information content (AvgIpc) is 2.47. The van der Waals surface area contributed by atoms with Crippen LogP contribution in [0.5, 0.6) is 0 Å². The first-order valence-corrected chi connectivity index (χ1v) is 7.13. The van der Waals surface area contributed by atoms with Gasteiger partial charge in [-0.3, -0.25) is 10.8 Å². The Bertz CT molecular complexity index is 766. The molecular weight excluding hydrogens is 282 g/mol. The molecule has 1 unspecified atom stereocenters. The summed E-state index contributed by atoms with van der Waals surface area (Å²) in [7, 11) is 0. The number of benzene rings is 2. The van der Waals surface area contributed by atoms with Gasteiger partial charge in [-0.2, -0.15) is 0 Å². The van der Waals surface area contributed by atoms with E-state index in [1.165, 1.54) is 0 Å². The molecule has 4 heteroatoms. The predicted octanol–water partition coefficient (Wildman–Crippen LogP) is 3.75. The third kappa shape index (κ3) is 2.90. The zero-order valence-corrected chi connectivity index (χ0v) is 12.4. The number of aryl methyl sites for hydroxylation is 1. The Morgan fingerprint density at radius 2 is 1.95 bits per heavy atom. The van der Waals surface area contributed by atoms with Gasteiger partial charge in [-0.25, -0.2) is 5.43 Å². The average molecular weight is 298 g/mol. The monoisotopic (exact) mass is 297 g/mol. The van der Waals surface area contributed by atoms with Gasteiger partial charge in [0.2, 0.25) is 0 Å². The van der Waals surface area contributed by atoms with E-state index in [4.69, 9.17) is 17.4 Å². The summed E-state index contributed by atoms with van der Waals surface area (Å²) in [6.45, 7) is 2.02. The highest BCUT2D eigenvalue weighted by Gasteiger charge is 2.14. The molecule has 3 aromatic rings. The Balaban J connectivity index is 2.08. The first kappa shape index (κ1) is 14.0. The molecule has 1 heterocycles. The molecule has 0 aliphatic heterocycles. The number of hydrogen-bond acceptors (Lipinski definition) is 3. The highest BCUT2D eigenvalue weighted by Crippen LogP contribution is 2.27. The lowest BCUT2D eigenvalue weighted by Crippen LogP contribution is -2.28. The van der Waals surface area contributed by atoms with Crippen LogP contribution in [-0.2, 0) is 0 Å². The van der Waals surface area contributed by atoms with Crippen LogP contribution in [0.1, 0.15) is 22.7 Å². The van der Waals surface area contributed by atoms with Crippen LogP contribution >= 0.6 is 11.6 Å². The van der Waals surface area contributed by atoms with E-state index in [9.17, 15) is 0 Å². The first-order chi connectivity index (χ1) is 10.2. The summed E-state index contributed by atoms with van der Waals surface area (Å²) in [5, 5.41) is 1.81. The highest BCUT2D eigenvalue weighted by molar-refractivity contribution is 6.30. The number of nitrogens with one attached hydrogen (secondary N) is 1. The van der Waals surface area contributed by atoms with Crippen LogP contribution < -0.4 is 11.3 Å². The summed E-state index contributed by atoms with van der Waals surface area (Å²) in [5.41, 5.74) is 7.09. The second-order valence-electron chi connectivity index (χ2n) is 5.12. The maximum Gasteiger partial charge on any atom is 0.0710 e. The number of hydrogen-bond donors (Lipinski definition) is 2. The van der Waals surface area contributed by atoms with E-state index in [2.05, 4.69) is 22.5 Å². The van der Waals surface area contributed by atoms with Crippen molar-refractivity contribution in [3.05, 3.63) is 76.4 Å². The molecule has 0 aliphatic rings. The third-order valence-electron chi connectivity index (χ3n) is 3.52. The quantitative estimate of drug-likeness (QED) is 0.572. The van der Waals surface area contributed by atoms with Crippen LogP contribution in [0.2, 0.25) is 5.02 Å². The van der Waals surface area contributed by atoms with Crippen LogP contribution in [0.4, 0.5) is 0 Å². The van der Waals surface area contributed by atoms with Crippen LogP contribution in [-0.4, -0.2) is 4.98 Å². The van der Waals surface area contributed by atoms with Crippen molar-refractivity contribution in [2.45, 2.75) is 13.0 Å². The van der Waals surface area contributed by atoms with Gasteiger partial charge in [-0.05, 0) is 53.9 Å². The first-order valence-electron chi connectivity index (χ1n) is 6.75. The van der Waals surface area contributed by atoms with Gasteiger partial charge in [-0.1, -0.05) is 29.8 Å². The Hall–Kier alpha value is -1.94. The van der Waals surface area contributed by atoms with Crippen molar-refractivity contribution in [3.8, 4) is 0 Å². The number of nitrogens with zero attached hydrogens (tertiary/aromatic N) is 1. The smallest absolute Gasteiger partial charge is 0.0710 e. The Morgan fingerprint density at radius 3 is 2.71 bits per heavy atom. The molecular formula is C17H16ClN3. The predicted molar refractivity (Wildman–Crippen MR) is 87.1 cm³/mol. The molecule has 21 heavy (non-hydrogen) atoms. The van der Waals surface area contributed by atoms with E-state index >= 15 is 0 Å². The summed E-state index contributed by atoms with van der Waals surface area (Å²) in [6, 6.07) is 16.0. The van der Waals surface area contributed by atoms with Gasteiger partial charge in [0.25, 0.3) is 0 Å². The van der Waals surface area contributed by atoms with Crippen LogP contribution in [0.15, 0.2) is 54.7 Å². The molecule has 0 fully saturated rings. The molecule has 3 rings (SSSR count). The second-order valence-corrected chi connectivity index (χ2v) is 5.55. The summed E-state index contributed by atoms with van der Waals surface area (Å²) < 4.78 is 0. The van der Waals surface area contributed by atoms with E-state index in [-0.39, 0.29) is 6.04 Å². The van der Waals surface area contributed by atoms with Crippen molar-refractivity contribution in [2.24, 2.45) is 5.84 Å². The Morgan fingerprint density at radius 1 is 1.10 bits per heavy atom. The molecule has 0 saturated carbocycles. The molecule has 106 valence electrons. The minimum Gasteiger partial charge on any atom is -0.271 e. The molecule has 3 nitrogen and oxygen atoms in total. The lowest BCUT2D eigenvalue weighted by atomic mass is 9.96. The van der Waals surface area contributed by atoms with Gasteiger partial charge >= 0.3 is 0 Å². The van der Waals surface area contributed by atoms with E-state index < -0.39 is 0 Å². The standard InChI is InChI=1S/C17H16ClN3/c1-11-7-14(10-15(18)8-11)17(21-19)13-4-5-16-12(9-13)3-2-6-20-16/h2-10,17,21H,19H2,1H3. The zero-order valence-electron chi connectivity index (χ0n) is 11.7. The van der Waals surface area contributed by atoms with Gasteiger partial charge in [0.15, 0.2) is 0 Å². The number of halogens is 1. The van der Waals surface area contributed by atoms with Gasteiger partial charge in [-0.15, -0.1) is 0 Å². The topological polar surface area (TPSA) is 50.9 Å². The normalized spacial score (nSPS) is 12.5. The van der Waals surface area contributed by atoms with Crippen LogP contribution in [0.3, 0.4) is 0 Å². The molecule has 0 saturated heterocycles. The van der Waals surface area contributed by atoms with Crippen molar-refractivity contribution in [2.75, 3.05) is 0 Å². The van der Waals surface area contributed by atoms with E-state index in [1.807, 2.05) is 43.3 Å². The summed E-state index contributed by atoms with van der Waals surface area (Å²) >= 11 is 6.16. The van der Waals surface area contributed by atoms with Gasteiger partial charge in [0.05, 0.1) is 11.6 Å². The Kier molecular flexibility index (Phi) is 3.88. The van der Waals surface area contributed by atoms with Crippen molar-refractivity contribution in [1.82, 2.24) is 10.4 Å². The largest absolute Gasteiger partial charge is 0.271 e. The lowest BCUT2D eigenvalue weighted by Gasteiger charge is -2.18. The minimum atomic E-state index is -0.105. The molecule has 0 spiro atoms. The van der Waals surface area contributed by atoms with Gasteiger partial charge in [0, 0.05) is 16.6 Å². The summed E-state index contributed by atoms with van der Waals surface area (Å²) in [5.74, 6) is 5.77. The van der Waals surface area contributed by atoms with Crippen molar-refractivity contribution < 1.29 is 0 Å². The van der Waals surface area contributed by atoms with Crippen LogP contribution in [0.25, 0.3) is 10.9 Å². The van der Waals surface area contributed by atoms with E-state index in [0.29, 0.717) is 5.02 Å². The minimum absolute atomic E-state index is 0.105. The van der Waals surface area contributed by atoms with Crippen molar-refractivity contribution in [1.29, 1.82) is 0 Å². The zero-order chi connectivity index (χ0) is 14.8. The molecule has 2 aromatic carbocycles. The molecule has 1 aromatic heterocycles. The van der Waals surface area contributed by atoms with Gasteiger partial charge < -0.3 is 0 Å². The number of fused-ring (bicyclic) bond motifs is 1. The highest BCUT2D eigenvalue weighted by atomic mass is 35.5. The molecule has 0 bridgehead atoms. The maximum absolute atomic E-state index is 6.16. The molecule has 0 radical (unpaired) electrons. The number of pyridine rings is 1. The van der Waals surface area contributed by atoms with E-state index in [0.717, 1.165) is 27.6 Å². The second kappa shape index (κ2) is 5.82. The number of hydrazine groups is 1. The van der Waals surface area contributed by atoms with Crippen molar-refractivity contribution >= 4 is 22.5 Å². The van der Waals surface area contributed by atoms with E-state index in [1.54, 1.807) is 6.20 Å². The Labute approximate surface area is 128 Å². The number of nitrogens with two attached hydrogens (primary N) is 1. The number of aromatic nitrogens is 1. The SMILES string of the molecule is Cc1cc(Cl)cc(C(NN)c2ccc3ncccc3c2)c1. The lowest BCUT2D eigenvalue weighted by molar-refractivity contribution is 0.637. The van der Waals surface area contributed by atoms with Crippen molar-refractivity contribution in [3.63, 3.8) is 0 Å². The molecule has 1 atom stereocenters. The van der Waals surface area contributed by atoms with Gasteiger partial charge in [0.1, 0.15) is 0 Å². The fraction of sp³-hybridized carbons (Fsp3) is 0.118.